The average Bonchev–Trinajstić information content (AvgIpc) is 2.48. The largest absolute Gasteiger partial charge is 0.481 e. The fraction of sp³-hybridized carbons (Fsp3) is 0.778. The second-order valence-electron chi connectivity index (χ2n) is 3.86. The van der Waals surface area contributed by atoms with Crippen LogP contribution in [0, 0.1) is 5.92 Å². The summed E-state index contributed by atoms with van der Waals surface area (Å²) >= 11 is 1.47. The van der Waals surface area contributed by atoms with E-state index in [1.54, 1.807) is 0 Å². The minimum Gasteiger partial charge on any atom is -0.481 e. The molecule has 2 atom stereocenters. The van der Waals surface area contributed by atoms with Gasteiger partial charge < -0.3 is 10.4 Å². The maximum absolute atomic E-state index is 11.2. The predicted octanol–water partition coefficient (Wildman–Crippen LogP) is 0.821. The summed E-state index contributed by atoms with van der Waals surface area (Å²) in [6.07, 6.45) is 3.44. The van der Waals surface area contributed by atoms with Crippen LogP contribution >= 0.6 is 11.8 Å². The Morgan fingerprint density at radius 1 is 1.57 bits per heavy atom. The molecule has 1 heterocycles. The van der Waals surface area contributed by atoms with E-state index < -0.39 is 16.8 Å². The third-order valence-corrected chi connectivity index (χ3v) is 4.48. The number of rotatable bonds is 1. The van der Waals surface area contributed by atoms with E-state index in [0.717, 1.165) is 19.3 Å². The minimum atomic E-state index is -0.778. The summed E-state index contributed by atoms with van der Waals surface area (Å²) in [4.78, 5) is 21.7. The predicted molar refractivity (Wildman–Crippen MR) is 52.9 cm³/mol. The second-order valence-corrected chi connectivity index (χ2v) is 5.17. The standard InChI is InChI=1S/C9H13NO3S/c11-7-5-14-9(10-7)4-2-1-3-6(9)8(12)13/h6H,1-5H2,(H,10,11)(H,12,13)/t6-,9+/m1/s1. The average molecular weight is 215 g/mol. The molecule has 0 unspecified atom stereocenters. The van der Waals surface area contributed by atoms with Crippen LogP contribution in [0.4, 0.5) is 0 Å². The molecule has 4 nitrogen and oxygen atoms in total. The SMILES string of the molecule is O=C1CS[C@]2(CCCC[C@@H]2C(=O)O)N1. The van der Waals surface area contributed by atoms with Crippen molar-refractivity contribution in [2.45, 2.75) is 30.6 Å². The van der Waals surface area contributed by atoms with Crippen molar-refractivity contribution in [1.82, 2.24) is 5.32 Å². The smallest absolute Gasteiger partial charge is 0.309 e. The Kier molecular flexibility index (Phi) is 2.43. The van der Waals surface area contributed by atoms with Gasteiger partial charge in [0.25, 0.3) is 0 Å². The highest BCUT2D eigenvalue weighted by Crippen LogP contribution is 2.44. The molecule has 1 spiro atoms. The van der Waals surface area contributed by atoms with E-state index in [-0.39, 0.29) is 5.91 Å². The molecule has 0 bridgehead atoms. The highest BCUT2D eigenvalue weighted by atomic mass is 32.2. The van der Waals surface area contributed by atoms with Crippen LogP contribution in [0.5, 0.6) is 0 Å². The topological polar surface area (TPSA) is 66.4 Å². The van der Waals surface area contributed by atoms with Crippen LogP contribution in [0.2, 0.25) is 0 Å². The molecular formula is C9H13NO3S. The van der Waals surface area contributed by atoms with Gasteiger partial charge in [0.15, 0.2) is 0 Å². The molecule has 78 valence electrons. The van der Waals surface area contributed by atoms with Crippen LogP contribution in [0.1, 0.15) is 25.7 Å². The number of hydrogen-bond donors (Lipinski definition) is 2. The lowest BCUT2D eigenvalue weighted by Gasteiger charge is -2.37. The van der Waals surface area contributed by atoms with Gasteiger partial charge in [0.05, 0.1) is 16.5 Å². The molecule has 1 saturated carbocycles. The second kappa shape index (κ2) is 3.46. The molecule has 2 fully saturated rings. The number of nitrogens with one attached hydrogen (secondary N) is 1. The molecule has 1 aliphatic heterocycles. The fourth-order valence-corrected chi connectivity index (χ4v) is 3.65. The number of carbonyl (C=O) groups is 2. The van der Waals surface area contributed by atoms with Gasteiger partial charge >= 0.3 is 5.97 Å². The van der Waals surface area contributed by atoms with Gasteiger partial charge in [-0.3, -0.25) is 9.59 Å². The van der Waals surface area contributed by atoms with Gasteiger partial charge in [-0.05, 0) is 12.8 Å². The lowest BCUT2D eigenvalue weighted by atomic mass is 9.84. The quantitative estimate of drug-likeness (QED) is 0.679. The van der Waals surface area contributed by atoms with Gasteiger partial charge in [0.2, 0.25) is 5.91 Å². The van der Waals surface area contributed by atoms with Crippen LogP contribution in [0.3, 0.4) is 0 Å². The van der Waals surface area contributed by atoms with Crippen molar-refractivity contribution in [2.75, 3.05) is 5.75 Å². The molecule has 1 aliphatic carbocycles. The molecule has 0 aromatic heterocycles. The zero-order valence-corrected chi connectivity index (χ0v) is 8.60. The third kappa shape index (κ3) is 1.49. The highest BCUT2D eigenvalue weighted by molar-refractivity contribution is 8.01. The minimum absolute atomic E-state index is 0.0249. The van der Waals surface area contributed by atoms with Crippen LogP contribution in [0.15, 0.2) is 0 Å². The number of thioether (sulfide) groups is 1. The summed E-state index contributed by atoms with van der Waals surface area (Å²) in [6, 6.07) is 0. The Bertz CT molecular complexity index is 281. The van der Waals surface area contributed by atoms with Gasteiger partial charge in [-0.1, -0.05) is 12.8 Å². The van der Waals surface area contributed by atoms with Crippen molar-refractivity contribution < 1.29 is 14.7 Å². The Hall–Kier alpha value is -0.710. The first-order valence-corrected chi connectivity index (χ1v) is 5.80. The van der Waals surface area contributed by atoms with Crippen molar-refractivity contribution >= 4 is 23.6 Å². The maximum atomic E-state index is 11.2. The number of amides is 1. The van der Waals surface area contributed by atoms with Gasteiger partial charge in [0, 0.05) is 0 Å². The Balaban J connectivity index is 2.21. The van der Waals surface area contributed by atoms with Crippen LogP contribution in [0.25, 0.3) is 0 Å². The summed E-state index contributed by atoms with van der Waals surface area (Å²) < 4.78 is 0. The van der Waals surface area contributed by atoms with Crippen LogP contribution in [-0.4, -0.2) is 27.6 Å². The van der Waals surface area contributed by atoms with E-state index in [4.69, 9.17) is 5.11 Å². The molecule has 2 aliphatic rings. The summed E-state index contributed by atoms with van der Waals surface area (Å²) in [5.74, 6) is -0.806. The Morgan fingerprint density at radius 3 is 2.93 bits per heavy atom. The number of aliphatic carboxylic acids is 1. The van der Waals surface area contributed by atoms with Gasteiger partial charge in [-0.2, -0.15) is 0 Å². The van der Waals surface area contributed by atoms with E-state index in [2.05, 4.69) is 5.32 Å². The lowest BCUT2D eigenvalue weighted by Crippen LogP contribution is -2.50. The van der Waals surface area contributed by atoms with Crippen molar-refractivity contribution in [3.05, 3.63) is 0 Å². The van der Waals surface area contributed by atoms with Crippen molar-refractivity contribution in [3.63, 3.8) is 0 Å². The van der Waals surface area contributed by atoms with Gasteiger partial charge in [-0.15, -0.1) is 11.8 Å². The molecule has 0 aromatic rings. The Morgan fingerprint density at radius 2 is 2.36 bits per heavy atom. The summed E-state index contributed by atoms with van der Waals surface area (Å²) in [7, 11) is 0. The molecule has 5 heteroatoms. The number of carboxylic acid groups (broad SMARTS) is 1. The molecule has 0 radical (unpaired) electrons. The lowest BCUT2D eigenvalue weighted by molar-refractivity contribution is -0.144. The van der Waals surface area contributed by atoms with E-state index in [9.17, 15) is 9.59 Å². The van der Waals surface area contributed by atoms with Crippen molar-refractivity contribution in [2.24, 2.45) is 5.92 Å². The summed E-state index contributed by atoms with van der Waals surface area (Å²) in [5, 5.41) is 11.9. The van der Waals surface area contributed by atoms with Crippen molar-refractivity contribution in [3.8, 4) is 0 Å². The first-order chi connectivity index (χ1) is 6.64. The zero-order chi connectivity index (χ0) is 10.2. The normalized spacial score (nSPS) is 37.1. The van der Waals surface area contributed by atoms with E-state index in [1.807, 2.05) is 0 Å². The maximum Gasteiger partial charge on any atom is 0.309 e. The molecule has 14 heavy (non-hydrogen) atoms. The molecular weight excluding hydrogens is 202 g/mol. The number of carbonyl (C=O) groups excluding carboxylic acids is 1. The van der Waals surface area contributed by atoms with E-state index >= 15 is 0 Å². The molecule has 0 aromatic carbocycles. The third-order valence-electron chi connectivity index (χ3n) is 2.96. The summed E-state index contributed by atoms with van der Waals surface area (Å²) in [5.41, 5.74) is 0. The molecule has 2 rings (SSSR count). The monoisotopic (exact) mass is 215 g/mol. The zero-order valence-electron chi connectivity index (χ0n) is 7.78. The molecule has 1 saturated heterocycles. The van der Waals surface area contributed by atoms with Gasteiger partial charge in [0.1, 0.15) is 0 Å². The summed E-state index contributed by atoms with van der Waals surface area (Å²) in [6.45, 7) is 0. The number of hydrogen-bond acceptors (Lipinski definition) is 3. The highest BCUT2D eigenvalue weighted by Gasteiger charge is 2.49. The fourth-order valence-electron chi connectivity index (χ4n) is 2.29. The van der Waals surface area contributed by atoms with Gasteiger partial charge in [-0.25, -0.2) is 0 Å². The van der Waals surface area contributed by atoms with E-state index in [1.165, 1.54) is 11.8 Å². The first-order valence-electron chi connectivity index (χ1n) is 4.82. The molecule has 2 N–H and O–H groups in total. The Labute approximate surface area is 86.4 Å². The van der Waals surface area contributed by atoms with Crippen molar-refractivity contribution in [1.29, 1.82) is 0 Å². The van der Waals surface area contributed by atoms with Crippen LogP contribution < -0.4 is 5.32 Å². The first kappa shape index (κ1) is 9.83. The van der Waals surface area contributed by atoms with E-state index in [0.29, 0.717) is 12.2 Å². The van der Waals surface area contributed by atoms with Crippen LogP contribution in [-0.2, 0) is 9.59 Å². The number of carboxylic acids is 1. The molecule has 1 amide bonds.